The maximum absolute atomic E-state index is 8.66. The average molecular weight is 115 g/mol. The van der Waals surface area contributed by atoms with Crippen LogP contribution in [0, 0.1) is 0 Å². The summed E-state index contributed by atoms with van der Waals surface area (Å²) in [4.78, 5) is 0. The van der Waals surface area contributed by atoms with Crippen LogP contribution in [-0.4, -0.2) is 17.3 Å². The molecule has 0 amide bonds. The standard InChI is InChI=1S/C6H13NO/c1-5(7)3-4-6(2)8/h3-6,8H,7H2,1-2H3. The van der Waals surface area contributed by atoms with Crippen molar-refractivity contribution >= 4 is 0 Å². The van der Waals surface area contributed by atoms with Crippen LogP contribution in [0.15, 0.2) is 12.2 Å². The first kappa shape index (κ1) is 7.66. The first-order valence-electron chi connectivity index (χ1n) is 2.75. The van der Waals surface area contributed by atoms with Gasteiger partial charge in [0, 0.05) is 6.04 Å². The van der Waals surface area contributed by atoms with Gasteiger partial charge in [-0.05, 0) is 13.8 Å². The zero-order valence-electron chi connectivity index (χ0n) is 5.33. The molecule has 0 aromatic carbocycles. The molecule has 0 rings (SSSR count). The Bertz CT molecular complexity index is 66.6. The SMILES string of the molecule is CC(N)C=CC(C)O. The van der Waals surface area contributed by atoms with Crippen LogP contribution >= 0.6 is 0 Å². The van der Waals surface area contributed by atoms with Gasteiger partial charge < -0.3 is 10.8 Å². The highest BCUT2D eigenvalue weighted by molar-refractivity contribution is 4.91. The van der Waals surface area contributed by atoms with E-state index in [4.69, 9.17) is 10.8 Å². The Labute approximate surface area is 50.0 Å². The van der Waals surface area contributed by atoms with E-state index in [1.165, 1.54) is 0 Å². The van der Waals surface area contributed by atoms with Crippen molar-refractivity contribution in [2.45, 2.75) is 26.0 Å². The molecule has 0 saturated carbocycles. The fourth-order valence-electron chi connectivity index (χ4n) is 0.336. The largest absolute Gasteiger partial charge is 0.389 e. The molecule has 0 aliphatic heterocycles. The summed E-state index contributed by atoms with van der Waals surface area (Å²) >= 11 is 0. The Kier molecular flexibility index (Phi) is 3.48. The van der Waals surface area contributed by atoms with Gasteiger partial charge in [-0.15, -0.1) is 0 Å². The molecule has 0 aliphatic rings. The molecule has 0 fully saturated rings. The summed E-state index contributed by atoms with van der Waals surface area (Å²) in [6, 6.07) is 0.0459. The van der Waals surface area contributed by atoms with Crippen LogP contribution < -0.4 is 5.73 Å². The summed E-state index contributed by atoms with van der Waals surface area (Å²) in [7, 11) is 0. The fourth-order valence-corrected chi connectivity index (χ4v) is 0.336. The molecule has 0 aliphatic carbocycles. The van der Waals surface area contributed by atoms with Crippen LogP contribution in [-0.2, 0) is 0 Å². The summed E-state index contributed by atoms with van der Waals surface area (Å²) in [5.74, 6) is 0. The maximum atomic E-state index is 8.66. The van der Waals surface area contributed by atoms with E-state index in [0.717, 1.165) is 0 Å². The normalized spacial score (nSPS) is 19.0. The molecule has 0 radical (unpaired) electrons. The molecule has 0 aromatic heterocycles. The van der Waals surface area contributed by atoms with Crippen molar-refractivity contribution < 1.29 is 5.11 Å². The van der Waals surface area contributed by atoms with Crippen LogP contribution in [0.2, 0.25) is 0 Å². The van der Waals surface area contributed by atoms with Crippen LogP contribution in [0.5, 0.6) is 0 Å². The second kappa shape index (κ2) is 3.64. The molecule has 0 bridgehead atoms. The highest BCUT2D eigenvalue weighted by Crippen LogP contribution is 1.84. The highest BCUT2D eigenvalue weighted by Gasteiger charge is 1.86. The molecule has 3 N–H and O–H groups in total. The van der Waals surface area contributed by atoms with E-state index in [9.17, 15) is 0 Å². The van der Waals surface area contributed by atoms with Crippen molar-refractivity contribution in [2.75, 3.05) is 0 Å². The van der Waals surface area contributed by atoms with Crippen molar-refractivity contribution in [3.63, 3.8) is 0 Å². The predicted octanol–water partition coefficient (Wildman–Crippen LogP) is 0.271. The molecule has 2 nitrogen and oxygen atoms in total. The van der Waals surface area contributed by atoms with E-state index in [2.05, 4.69) is 0 Å². The molecule has 0 saturated heterocycles. The van der Waals surface area contributed by atoms with E-state index in [1.807, 2.05) is 6.92 Å². The number of hydrogen-bond acceptors (Lipinski definition) is 2. The van der Waals surface area contributed by atoms with Gasteiger partial charge in [0.15, 0.2) is 0 Å². The van der Waals surface area contributed by atoms with E-state index < -0.39 is 0 Å². The molecule has 2 heteroatoms. The van der Waals surface area contributed by atoms with Gasteiger partial charge in [0.2, 0.25) is 0 Å². The van der Waals surface area contributed by atoms with E-state index >= 15 is 0 Å². The van der Waals surface area contributed by atoms with E-state index in [1.54, 1.807) is 19.1 Å². The molecule has 48 valence electrons. The lowest BCUT2D eigenvalue weighted by atomic mass is 10.3. The first-order chi connectivity index (χ1) is 3.63. The summed E-state index contributed by atoms with van der Waals surface area (Å²) in [5.41, 5.74) is 5.34. The summed E-state index contributed by atoms with van der Waals surface area (Å²) in [6.45, 7) is 3.55. The topological polar surface area (TPSA) is 46.2 Å². The minimum atomic E-state index is -0.374. The van der Waals surface area contributed by atoms with Gasteiger partial charge in [-0.1, -0.05) is 12.2 Å². The lowest BCUT2D eigenvalue weighted by Crippen LogP contribution is -2.11. The molecular formula is C6H13NO. The molecule has 0 aromatic rings. The Hall–Kier alpha value is -0.340. The molecule has 0 heterocycles. The van der Waals surface area contributed by atoms with Gasteiger partial charge in [-0.3, -0.25) is 0 Å². The number of nitrogens with two attached hydrogens (primary N) is 1. The van der Waals surface area contributed by atoms with Crippen molar-refractivity contribution in [2.24, 2.45) is 5.73 Å². The third-order valence-electron chi connectivity index (χ3n) is 0.693. The smallest absolute Gasteiger partial charge is 0.0693 e. The van der Waals surface area contributed by atoms with Crippen LogP contribution in [0.25, 0.3) is 0 Å². The van der Waals surface area contributed by atoms with E-state index in [-0.39, 0.29) is 12.1 Å². The molecular weight excluding hydrogens is 102 g/mol. The third-order valence-corrected chi connectivity index (χ3v) is 0.693. The van der Waals surface area contributed by atoms with E-state index in [0.29, 0.717) is 0 Å². The lowest BCUT2D eigenvalue weighted by molar-refractivity contribution is 0.243. The zero-order valence-corrected chi connectivity index (χ0v) is 5.33. The molecule has 8 heavy (non-hydrogen) atoms. The van der Waals surface area contributed by atoms with Crippen LogP contribution in [0.1, 0.15) is 13.8 Å². The second-order valence-electron chi connectivity index (χ2n) is 1.98. The van der Waals surface area contributed by atoms with Gasteiger partial charge in [0.05, 0.1) is 6.10 Å². The molecule has 2 atom stereocenters. The van der Waals surface area contributed by atoms with Gasteiger partial charge in [0.1, 0.15) is 0 Å². The predicted molar refractivity (Wildman–Crippen MR) is 34.5 cm³/mol. The number of rotatable bonds is 2. The highest BCUT2D eigenvalue weighted by atomic mass is 16.3. The summed E-state index contributed by atoms with van der Waals surface area (Å²) in [5, 5.41) is 8.66. The lowest BCUT2D eigenvalue weighted by Gasteiger charge is -1.95. The Morgan fingerprint density at radius 1 is 1.38 bits per heavy atom. The number of aliphatic hydroxyl groups is 1. The van der Waals surface area contributed by atoms with Crippen molar-refractivity contribution in [3.8, 4) is 0 Å². The number of aliphatic hydroxyl groups excluding tert-OH is 1. The summed E-state index contributed by atoms with van der Waals surface area (Å²) in [6.07, 6.45) is 3.07. The van der Waals surface area contributed by atoms with Gasteiger partial charge in [-0.2, -0.15) is 0 Å². The van der Waals surface area contributed by atoms with Crippen LogP contribution in [0.4, 0.5) is 0 Å². The zero-order chi connectivity index (χ0) is 6.57. The Balaban J connectivity index is 3.34. The summed E-state index contributed by atoms with van der Waals surface area (Å²) < 4.78 is 0. The fraction of sp³-hybridized carbons (Fsp3) is 0.667. The van der Waals surface area contributed by atoms with Gasteiger partial charge in [0.25, 0.3) is 0 Å². The Morgan fingerprint density at radius 2 is 1.88 bits per heavy atom. The third kappa shape index (κ3) is 5.66. The van der Waals surface area contributed by atoms with Crippen molar-refractivity contribution in [3.05, 3.63) is 12.2 Å². The van der Waals surface area contributed by atoms with Gasteiger partial charge >= 0.3 is 0 Å². The van der Waals surface area contributed by atoms with Gasteiger partial charge in [-0.25, -0.2) is 0 Å². The minimum Gasteiger partial charge on any atom is -0.389 e. The van der Waals surface area contributed by atoms with Crippen molar-refractivity contribution in [1.82, 2.24) is 0 Å². The minimum absolute atomic E-state index is 0.0459. The average Bonchev–Trinajstić information content (AvgIpc) is 1.61. The van der Waals surface area contributed by atoms with Crippen molar-refractivity contribution in [1.29, 1.82) is 0 Å². The quantitative estimate of drug-likeness (QED) is 0.507. The number of hydrogen-bond donors (Lipinski definition) is 2. The van der Waals surface area contributed by atoms with Crippen LogP contribution in [0.3, 0.4) is 0 Å². The monoisotopic (exact) mass is 115 g/mol. The molecule has 0 spiro atoms. The Morgan fingerprint density at radius 3 is 2.00 bits per heavy atom. The first-order valence-corrected chi connectivity index (χ1v) is 2.75. The maximum Gasteiger partial charge on any atom is 0.0693 e. The second-order valence-corrected chi connectivity index (χ2v) is 1.98. The molecule has 2 unspecified atom stereocenters.